The van der Waals surface area contributed by atoms with Crippen LogP contribution >= 0.6 is 24.0 Å². The highest BCUT2D eigenvalue weighted by Crippen LogP contribution is 2.25. The van der Waals surface area contributed by atoms with E-state index in [2.05, 4.69) is 15.5 Å². The largest absolute Gasteiger partial charge is 0.403 e. The number of hydrogen-bond donors (Lipinski definition) is 1. The topological polar surface area (TPSA) is 61.6 Å². The molecule has 1 fully saturated rings. The Balaban J connectivity index is 0.00000341. The number of nitrogens with zero attached hydrogens (tertiary/aromatic N) is 6. The van der Waals surface area contributed by atoms with Crippen molar-refractivity contribution in [3.8, 4) is 0 Å². The second-order valence-electron chi connectivity index (χ2n) is 7.44. The fourth-order valence-electron chi connectivity index (χ4n) is 3.31. The number of guanidine groups is 1. The van der Waals surface area contributed by atoms with Gasteiger partial charge in [0.2, 0.25) is 0 Å². The van der Waals surface area contributed by atoms with Crippen molar-refractivity contribution in [2.75, 3.05) is 26.2 Å². The maximum Gasteiger partial charge on any atom is 0.403 e. The van der Waals surface area contributed by atoms with Crippen LogP contribution in [-0.2, 0) is 20.1 Å². The molecule has 3 rings (SSSR count). The lowest BCUT2D eigenvalue weighted by Crippen LogP contribution is -2.56. The molecule has 7 nitrogen and oxygen atoms in total. The summed E-state index contributed by atoms with van der Waals surface area (Å²) >= 11 is 0. The number of aryl methyl sites for hydroxylation is 1. The summed E-state index contributed by atoms with van der Waals surface area (Å²) in [4.78, 5) is 8.20. The number of hydrogen-bond acceptors (Lipinski definition) is 4. The fraction of sp³-hybridized carbons (Fsp3) is 0.550. The molecule has 1 atom stereocenters. The van der Waals surface area contributed by atoms with Crippen molar-refractivity contribution < 1.29 is 13.2 Å². The first-order valence-electron chi connectivity index (χ1n) is 9.98. The average Bonchev–Trinajstić information content (AvgIpc) is 3.06. The summed E-state index contributed by atoms with van der Waals surface area (Å²) < 4.78 is 41.0. The van der Waals surface area contributed by atoms with Gasteiger partial charge in [0.15, 0.2) is 11.8 Å². The minimum absolute atomic E-state index is 0. The molecule has 1 aliphatic rings. The molecule has 1 aliphatic heterocycles. The maximum absolute atomic E-state index is 13.0. The number of rotatable bonds is 5. The van der Waals surface area contributed by atoms with Crippen molar-refractivity contribution in [1.29, 1.82) is 0 Å². The first-order chi connectivity index (χ1) is 14.3. The van der Waals surface area contributed by atoms with Gasteiger partial charge in [0.05, 0.1) is 13.1 Å². The molecule has 2 aromatic rings. The van der Waals surface area contributed by atoms with E-state index in [4.69, 9.17) is 4.99 Å². The van der Waals surface area contributed by atoms with Crippen LogP contribution in [0.4, 0.5) is 13.2 Å². The molecule has 0 amide bonds. The first-order valence-corrected chi connectivity index (χ1v) is 9.98. The molecule has 0 radical (unpaired) electrons. The molecule has 1 unspecified atom stereocenters. The predicted octanol–water partition coefficient (Wildman–Crippen LogP) is 2.96. The summed E-state index contributed by atoms with van der Waals surface area (Å²) in [5.41, 5.74) is 1.07. The lowest BCUT2D eigenvalue weighted by Gasteiger charge is -2.39. The summed E-state index contributed by atoms with van der Waals surface area (Å²) in [6.07, 6.45) is -4.21. The van der Waals surface area contributed by atoms with Crippen LogP contribution < -0.4 is 5.32 Å². The van der Waals surface area contributed by atoms with Gasteiger partial charge in [-0.3, -0.25) is 4.90 Å². The molecule has 2 heterocycles. The molecule has 0 spiro atoms. The fourth-order valence-corrected chi connectivity index (χ4v) is 3.31. The third-order valence-corrected chi connectivity index (χ3v) is 5.48. The van der Waals surface area contributed by atoms with E-state index in [1.165, 1.54) is 11.8 Å². The summed E-state index contributed by atoms with van der Waals surface area (Å²) in [5, 5.41) is 11.5. The van der Waals surface area contributed by atoms with Crippen molar-refractivity contribution in [3.05, 3.63) is 47.5 Å². The molecule has 172 valence electrons. The number of aliphatic imine (C=N–C) groups is 1. The van der Waals surface area contributed by atoms with Gasteiger partial charge in [-0.25, -0.2) is 4.99 Å². The van der Waals surface area contributed by atoms with Crippen molar-refractivity contribution in [2.24, 2.45) is 12.0 Å². The number of alkyl halides is 3. The van der Waals surface area contributed by atoms with E-state index < -0.39 is 12.2 Å². The Morgan fingerprint density at radius 2 is 1.77 bits per heavy atom. The molecule has 1 aromatic carbocycles. The predicted molar refractivity (Wildman–Crippen MR) is 124 cm³/mol. The highest BCUT2D eigenvalue weighted by Gasteiger charge is 2.41. The lowest BCUT2D eigenvalue weighted by atomic mass is 10.2. The summed E-state index contributed by atoms with van der Waals surface area (Å²) in [5.74, 6) is 2.24. The van der Waals surface area contributed by atoms with Crippen LogP contribution in [0.15, 0.2) is 35.3 Å². The maximum atomic E-state index is 13.0. The van der Waals surface area contributed by atoms with E-state index in [0.717, 1.165) is 17.2 Å². The standard InChI is InChI=1S/C20H28F3N7.HI/c1-15(20(21,22)23)29-9-11-30(12-10-29)19(24-13-17-7-5-4-6-8-17)25-14-18-27-26-16(2)28(18)3;/h4-8,15H,9-14H2,1-3H3,(H,24,25);1H. The SMILES string of the molecule is Cc1nnc(CNC(=NCc2ccccc2)N2CCN(C(C)C(F)(F)F)CC2)n1C.I. The zero-order valence-electron chi connectivity index (χ0n) is 17.9. The zero-order chi connectivity index (χ0) is 21.7. The Labute approximate surface area is 197 Å². The number of nitrogens with one attached hydrogen (secondary N) is 1. The van der Waals surface area contributed by atoms with Crippen molar-refractivity contribution >= 4 is 29.9 Å². The Bertz CT molecular complexity index is 846. The van der Waals surface area contributed by atoms with E-state index in [9.17, 15) is 13.2 Å². The second-order valence-corrected chi connectivity index (χ2v) is 7.44. The number of benzene rings is 1. The number of aromatic nitrogens is 3. The molecular weight excluding hydrogens is 522 g/mol. The summed E-state index contributed by atoms with van der Waals surface area (Å²) in [6, 6.07) is 8.41. The van der Waals surface area contributed by atoms with Gasteiger partial charge in [0, 0.05) is 33.2 Å². The Hall–Kier alpha value is -1.89. The van der Waals surface area contributed by atoms with Gasteiger partial charge in [0.25, 0.3) is 0 Å². The van der Waals surface area contributed by atoms with Gasteiger partial charge in [-0.05, 0) is 19.4 Å². The monoisotopic (exact) mass is 551 g/mol. The Morgan fingerprint density at radius 1 is 1.13 bits per heavy atom. The zero-order valence-corrected chi connectivity index (χ0v) is 20.3. The van der Waals surface area contributed by atoms with E-state index in [0.29, 0.717) is 45.2 Å². The average molecular weight is 551 g/mol. The molecule has 1 N–H and O–H groups in total. The van der Waals surface area contributed by atoms with Crippen LogP contribution in [0.1, 0.15) is 24.1 Å². The van der Waals surface area contributed by atoms with Gasteiger partial charge in [-0.15, -0.1) is 34.2 Å². The first kappa shape index (κ1) is 25.4. The smallest absolute Gasteiger partial charge is 0.349 e. The summed E-state index contributed by atoms with van der Waals surface area (Å²) in [7, 11) is 1.89. The van der Waals surface area contributed by atoms with Crippen molar-refractivity contribution in [2.45, 2.75) is 39.2 Å². The quantitative estimate of drug-likeness (QED) is 0.352. The van der Waals surface area contributed by atoms with Crippen molar-refractivity contribution in [3.63, 3.8) is 0 Å². The molecule has 0 saturated carbocycles. The number of piperazine rings is 1. The van der Waals surface area contributed by atoms with Crippen LogP contribution in [0.5, 0.6) is 0 Å². The van der Waals surface area contributed by atoms with Crippen LogP contribution in [0, 0.1) is 6.92 Å². The van der Waals surface area contributed by atoms with Gasteiger partial charge in [0.1, 0.15) is 11.9 Å². The minimum Gasteiger partial charge on any atom is -0.349 e. The molecule has 0 bridgehead atoms. The van der Waals surface area contributed by atoms with Gasteiger partial charge >= 0.3 is 6.18 Å². The molecule has 11 heteroatoms. The molecule has 1 saturated heterocycles. The molecule has 31 heavy (non-hydrogen) atoms. The Kier molecular flexibility index (Phi) is 9.10. The molecule has 0 aliphatic carbocycles. The van der Waals surface area contributed by atoms with Crippen LogP contribution in [0.3, 0.4) is 0 Å². The van der Waals surface area contributed by atoms with Gasteiger partial charge in [-0.2, -0.15) is 13.2 Å². The van der Waals surface area contributed by atoms with E-state index in [-0.39, 0.29) is 24.0 Å². The van der Waals surface area contributed by atoms with Crippen molar-refractivity contribution in [1.82, 2.24) is 29.9 Å². The van der Waals surface area contributed by atoms with Crippen LogP contribution in [0.25, 0.3) is 0 Å². The number of halogens is 4. The van der Waals surface area contributed by atoms with Crippen LogP contribution in [0.2, 0.25) is 0 Å². The van der Waals surface area contributed by atoms with E-state index in [1.807, 2.05) is 53.8 Å². The minimum atomic E-state index is -4.21. The normalized spacial score (nSPS) is 16.7. The highest BCUT2D eigenvalue weighted by atomic mass is 127. The van der Waals surface area contributed by atoms with Crippen LogP contribution in [-0.4, -0.2) is 68.9 Å². The molecule has 1 aromatic heterocycles. The summed E-state index contributed by atoms with van der Waals surface area (Å²) in [6.45, 7) is 5.62. The third-order valence-electron chi connectivity index (χ3n) is 5.48. The van der Waals surface area contributed by atoms with E-state index >= 15 is 0 Å². The van der Waals surface area contributed by atoms with Gasteiger partial charge < -0.3 is 14.8 Å². The second kappa shape index (κ2) is 11.1. The third kappa shape index (κ3) is 6.79. The van der Waals surface area contributed by atoms with Gasteiger partial charge in [-0.1, -0.05) is 30.3 Å². The molecular formula is C20H29F3IN7. The lowest BCUT2D eigenvalue weighted by molar-refractivity contribution is -0.181. The highest BCUT2D eigenvalue weighted by molar-refractivity contribution is 14.0. The van der Waals surface area contributed by atoms with E-state index in [1.54, 1.807) is 0 Å². The Morgan fingerprint density at radius 3 is 2.32 bits per heavy atom.